The van der Waals surface area contributed by atoms with Crippen molar-refractivity contribution >= 4 is 17.1 Å². The number of likely N-dealkylation sites (tertiary alicyclic amines) is 1. The number of hydrogen-bond acceptors (Lipinski definition) is 4. The van der Waals surface area contributed by atoms with Gasteiger partial charge in [0, 0.05) is 48.4 Å². The van der Waals surface area contributed by atoms with Gasteiger partial charge in [-0.3, -0.25) is 4.90 Å². The molecule has 34 heavy (non-hydrogen) atoms. The number of nitrogens with zero attached hydrogens (tertiary/aromatic N) is 2. The van der Waals surface area contributed by atoms with Crippen molar-refractivity contribution in [2.45, 2.75) is 45.1 Å². The topological polar surface area (TPSA) is 52.9 Å². The predicted molar refractivity (Wildman–Crippen MR) is 137 cm³/mol. The molecule has 5 nitrogen and oxygen atoms in total. The third kappa shape index (κ3) is 4.38. The van der Waals surface area contributed by atoms with Crippen LogP contribution in [-0.4, -0.2) is 47.4 Å². The van der Waals surface area contributed by atoms with E-state index in [0.29, 0.717) is 22.9 Å². The largest absolute Gasteiger partial charge is 0.508 e. The van der Waals surface area contributed by atoms with E-state index in [1.807, 2.05) is 24.3 Å². The van der Waals surface area contributed by atoms with Crippen molar-refractivity contribution in [3.63, 3.8) is 0 Å². The van der Waals surface area contributed by atoms with Crippen LogP contribution in [0.25, 0.3) is 0 Å². The number of phenols is 2. The highest BCUT2D eigenvalue weighted by atomic mass is 16.5. The van der Waals surface area contributed by atoms with Gasteiger partial charge in [-0.2, -0.15) is 0 Å². The molecule has 2 aliphatic heterocycles. The molecule has 0 radical (unpaired) electrons. The molecule has 2 atom stereocenters. The highest BCUT2D eigenvalue weighted by molar-refractivity contribution is 5.75. The number of piperidine rings is 1. The Hall–Kier alpha value is -3.02. The second kappa shape index (κ2) is 9.69. The van der Waals surface area contributed by atoms with Crippen LogP contribution in [0.4, 0.5) is 17.1 Å². The Balaban J connectivity index is 1.45. The molecule has 5 heteroatoms. The number of ether oxygens (including phenoxy) is 1. The Kier molecular flexibility index (Phi) is 6.48. The number of quaternary nitrogens is 1. The van der Waals surface area contributed by atoms with E-state index >= 15 is 0 Å². The lowest BCUT2D eigenvalue weighted by atomic mass is 9.95. The van der Waals surface area contributed by atoms with Gasteiger partial charge in [-0.05, 0) is 69.6 Å². The number of aryl methyl sites for hydroxylation is 1. The summed E-state index contributed by atoms with van der Waals surface area (Å²) in [5, 5.41) is 20.4. The van der Waals surface area contributed by atoms with Gasteiger partial charge in [-0.1, -0.05) is 12.5 Å². The molecule has 1 fully saturated rings. The van der Waals surface area contributed by atoms with Crippen LogP contribution in [0.15, 0.2) is 66.7 Å². The molecule has 0 aromatic heterocycles. The summed E-state index contributed by atoms with van der Waals surface area (Å²) < 4.78 is 6.69. The molecule has 3 aromatic rings. The van der Waals surface area contributed by atoms with E-state index in [4.69, 9.17) is 4.74 Å². The number of aromatic hydroxyl groups is 2. The van der Waals surface area contributed by atoms with Gasteiger partial charge in [-0.25, -0.2) is 4.48 Å². The predicted octanol–water partition coefficient (Wildman–Crippen LogP) is 6.27. The first-order valence-electron chi connectivity index (χ1n) is 12.5. The van der Waals surface area contributed by atoms with E-state index in [9.17, 15) is 10.2 Å². The maximum atomic E-state index is 10.3. The van der Waals surface area contributed by atoms with Crippen LogP contribution >= 0.6 is 0 Å². The highest BCUT2D eigenvalue weighted by Gasteiger charge is 2.41. The lowest BCUT2D eigenvalue weighted by molar-refractivity contribution is 0.125. The van der Waals surface area contributed by atoms with Gasteiger partial charge in [0.2, 0.25) is 0 Å². The van der Waals surface area contributed by atoms with Crippen molar-refractivity contribution in [3.8, 4) is 17.2 Å². The van der Waals surface area contributed by atoms with Crippen molar-refractivity contribution in [2.75, 3.05) is 26.2 Å². The van der Waals surface area contributed by atoms with Crippen LogP contribution in [0.1, 0.15) is 38.2 Å². The van der Waals surface area contributed by atoms with E-state index in [-0.39, 0.29) is 5.75 Å². The average Bonchev–Trinajstić information content (AvgIpc) is 2.87. The van der Waals surface area contributed by atoms with Gasteiger partial charge in [0.05, 0.1) is 6.54 Å². The van der Waals surface area contributed by atoms with E-state index in [2.05, 4.69) is 42.2 Å². The molecule has 2 N–H and O–H groups in total. The maximum Gasteiger partial charge on any atom is 0.146 e. The molecule has 3 aromatic carbocycles. The minimum atomic E-state index is 0.257. The van der Waals surface area contributed by atoms with E-state index in [1.165, 1.54) is 32.4 Å². The second-order valence-electron chi connectivity index (χ2n) is 9.72. The second-order valence-corrected chi connectivity index (χ2v) is 9.72. The number of rotatable bonds is 6. The zero-order chi connectivity index (χ0) is 23.5. The molecule has 5 rings (SSSR count). The van der Waals surface area contributed by atoms with Gasteiger partial charge in [0.1, 0.15) is 40.9 Å². The van der Waals surface area contributed by atoms with Crippen molar-refractivity contribution in [1.29, 1.82) is 0 Å². The zero-order valence-electron chi connectivity index (χ0n) is 20.0. The van der Waals surface area contributed by atoms with Crippen molar-refractivity contribution in [1.82, 2.24) is 9.38 Å². The molecule has 1 saturated heterocycles. The summed E-state index contributed by atoms with van der Waals surface area (Å²) in [5.74, 6) is 1.43. The number of fused-ring (bicyclic) bond motifs is 1. The van der Waals surface area contributed by atoms with Crippen LogP contribution in [0.3, 0.4) is 0 Å². The zero-order valence-corrected chi connectivity index (χ0v) is 20.0. The summed E-state index contributed by atoms with van der Waals surface area (Å²) in [4.78, 5) is 2.53. The Morgan fingerprint density at radius 2 is 1.62 bits per heavy atom. The lowest BCUT2D eigenvalue weighted by Gasteiger charge is -2.41. The Morgan fingerprint density at radius 1 is 0.853 bits per heavy atom. The summed E-state index contributed by atoms with van der Waals surface area (Å²) in [7, 11) is 0. The van der Waals surface area contributed by atoms with Gasteiger partial charge in [0.15, 0.2) is 0 Å². The quantitative estimate of drug-likeness (QED) is 0.427. The number of hydrogen-bond donors (Lipinski definition) is 2. The fraction of sp³-hybridized carbons (Fsp3) is 0.379. The monoisotopic (exact) mass is 459 g/mol. The van der Waals surface area contributed by atoms with Crippen LogP contribution < -0.4 is 9.22 Å². The fourth-order valence-corrected chi connectivity index (χ4v) is 5.67. The van der Waals surface area contributed by atoms with Gasteiger partial charge >= 0.3 is 0 Å². The lowest BCUT2D eigenvalue weighted by Crippen LogP contribution is -2.43. The standard InChI is InChI=1S/C29H34N2O3/c1-22(30-16-3-2-4-17-30)21-34-28-13-10-24(11-14-28)31(25-8-5-9-26(32)20-25)18-6-7-23-19-27(33)12-15-29(23)31/h5,8-15,19-20,22H,2-4,6-7,16-18,21H2,1H3,(H-,32,33)/p+1. The summed E-state index contributed by atoms with van der Waals surface area (Å²) in [5.41, 5.74) is 4.42. The molecular formula is C29H35N2O3+. The Labute approximate surface area is 202 Å². The first-order valence-corrected chi connectivity index (χ1v) is 12.5. The molecular weight excluding hydrogens is 424 g/mol. The molecule has 2 unspecified atom stereocenters. The SMILES string of the molecule is CC(COc1ccc([N+]2(c3cccc(O)c3)CCCc3cc(O)ccc32)cc1)N1CCCCC1. The van der Waals surface area contributed by atoms with Gasteiger partial charge < -0.3 is 14.9 Å². The summed E-state index contributed by atoms with van der Waals surface area (Å²) >= 11 is 0. The maximum absolute atomic E-state index is 10.3. The van der Waals surface area contributed by atoms with Crippen LogP contribution in [-0.2, 0) is 6.42 Å². The Bertz CT molecular complexity index is 1120. The summed E-state index contributed by atoms with van der Waals surface area (Å²) in [6.07, 6.45) is 5.82. The smallest absolute Gasteiger partial charge is 0.146 e. The van der Waals surface area contributed by atoms with E-state index < -0.39 is 0 Å². The minimum absolute atomic E-state index is 0.257. The molecule has 0 saturated carbocycles. The first-order chi connectivity index (χ1) is 16.6. The van der Waals surface area contributed by atoms with Crippen molar-refractivity contribution in [2.24, 2.45) is 0 Å². The van der Waals surface area contributed by atoms with E-state index in [1.54, 1.807) is 12.1 Å². The molecule has 0 spiro atoms. The van der Waals surface area contributed by atoms with Crippen LogP contribution in [0.2, 0.25) is 0 Å². The summed E-state index contributed by atoms with van der Waals surface area (Å²) in [6, 6.07) is 22.0. The van der Waals surface area contributed by atoms with Crippen molar-refractivity contribution < 1.29 is 14.9 Å². The van der Waals surface area contributed by atoms with E-state index in [0.717, 1.165) is 47.8 Å². The van der Waals surface area contributed by atoms with Gasteiger partial charge in [0.25, 0.3) is 0 Å². The molecule has 178 valence electrons. The fourth-order valence-electron chi connectivity index (χ4n) is 5.67. The molecule has 0 amide bonds. The van der Waals surface area contributed by atoms with Crippen molar-refractivity contribution in [3.05, 3.63) is 72.3 Å². The highest BCUT2D eigenvalue weighted by Crippen LogP contribution is 2.49. The normalized spacial score (nSPS) is 21.6. The van der Waals surface area contributed by atoms with Crippen LogP contribution in [0.5, 0.6) is 17.2 Å². The first kappa shape index (κ1) is 22.8. The minimum Gasteiger partial charge on any atom is -0.508 e. The molecule has 0 bridgehead atoms. The third-order valence-corrected chi connectivity index (χ3v) is 7.47. The molecule has 2 aliphatic rings. The number of phenolic OH excluding ortho intramolecular Hbond substituents is 2. The van der Waals surface area contributed by atoms with Crippen LogP contribution in [0, 0.1) is 0 Å². The summed E-state index contributed by atoms with van der Waals surface area (Å²) in [6.45, 7) is 6.16. The molecule has 0 aliphatic carbocycles. The van der Waals surface area contributed by atoms with Gasteiger partial charge in [-0.15, -0.1) is 0 Å². The third-order valence-electron chi connectivity index (χ3n) is 7.47. The number of benzene rings is 3. The molecule has 2 heterocycles. The average molecular weight is 460 g/mol. The Morgan fingerprint density at radius 3 is 2.38 bits per heavy atom.